The number of aromatic nitrogens is 4. The van der Waals surface area contributed by atoms with Gasteiger partial charge in [0.15, 0.2) is 5.84 Å². The Bertz CT molecular complexity index is 1320. The first kappa shape index (κ1) is 21.9. The van der Waals surface area contributed by atoms with E-state index in [0.717, 1.165) is 18.7 Å². The smallest absolute Gasteiger partial charge is 0.390 e. The highest BCUT2D eigenvalue weighted by Gasteiger charge is 2.34. The Balaban J connectivity index is 1.66. The molecule has 4 N–H and O–H groups in total. The van der Waals surface area contributed by atoms with Crippen molar-refractivity contribution in [2.75, 3.05) is 0 Å². The number of halogens is 4. The first-order valence-corrected chi connectivity index (χ1v) is 9.41. The molecule has 0 radical (unpaired) electrons. The molecule has 3 aromatic heterocycles. The Hall–Kier alpha value is -4.35. The van der Waals surface area contributed by atoms with Gasteiger partial charge in [-0.15, -0.1) is 0 Å². The molecule has 0 spiro atoms. The van der Waals surface area contributed by atoms with Crippen LogP contribution in [0.1, 0.15) is 23.0 Å². The van der Waals surface area contributed by atoms with Crippen LogP contribution in [0.3, 0.4) is 0 Å². The molecule has 168 valence electrons. The number of aliphatic imine (C=N–C) groups is 1. The lowest BCUT2D eigenvalue weighted by atomic mass is 10.1. The number of nitrogens with two attached hydrogens (primary N) is 1. The van der Waals surface area contributed by atoms with E-state index in [1.165, 1.54) is 6.07 Å². The van der Waals surface area contributed by atoms with Crippen LogP contribution in [-0.4, -0.2) is 32.3 Å². The van der Waals surface area contributed by atoms with E-state index in [-0.39, 0.29) is 29.1 Å². The fraction of sp³-hybridized carbons (Fsp3) is 0.0952. The molecular weight excluding hydrogens is 442 g/mol. The third kappa shape index (κ3) is 4.63. The summed E-state index contributed by atoms with van der Waals surface area (Å²) in [5, 5.41) is 12.0. The van der Waals surface area contributed by atoms with Gasteiger partial charge < -0.3 is 15.2 Å². The summed E-state index contributed by atoms with van der Waals surface area (Å²) in [6, 6.07) is 9.29. The van der Waals surface area contributed by atoms with Gasteiger partial charge in [-0.05, 0) is 18.2 Å². The van der Waals surface area contributed by atoms with E-state index < -0.39 is 17.8 Å². The van der Waals surface area contributed by atoms with E-state index in [4.69, 9.17) is 15.7 Å². The van der Waals surface area contributed by atoms with Crippen LogP contribution in [0.4, 0.5) is 17.6 Å². The fourth-order valence-electron chi connectivity index (χ4n) is 3.15. The maximum Gasteiger partial charge on any atom is 0.451 e. The predicted octanol–water partition coefficient (Wildman–Crippen LogP) is 4.19. The van der Waals surface area contributed by atoms with Crippen molar-refractivity contribution in [2.24, 2.45) is 10.7 Å². The van der Waals surface area contributed by atoms with Crippen LogP contribution in [-0.2, 0) is 12.6 Å². The average Bonchev–Trinajstić information content (AvgIpc) is 3.41. The molecule has 0 atom stereocenters. The number of aromatic amines is 1. The molecule has 0 saturated carbocycles. The van der Waals surface area contributed by atoms with E-state index in [1.54, 1.807) is 30.3 Å². The molecule has 4 aromatic rings. The minimum absolute atomic E-state index is 0.176. The van der Waals surface area contributed by atoms with Gasteiger partial charge in [-0.1, -0.05) is 17.3 Å². The number of alkyl halides is 3. The van der Waals surface area contributed by atoms with E-state index >= 15 is 0 Å². The van der Waals surface area contributed by atoms with Crippen molar-refractivity contribution in [3.8, 4) is 22.4 Å². The van der Waals surface area contributed by atoms with Crippen molar-refractivity contribution in [1.82, 2.24) is 20.1 Å². The second kappa shape index (κ2) is 8.65. The summed E-state index contributed by atoms with van der Waals surface area (Å²) >= 11 is 0. The molecule has 0 bridgehead atoms. The van der Waals surface area contributed by atoms with Crippen LogP contribution < -0.4 is 5.73 Å². The van der Waals surface area contributed by atoms with Crippen molar-refractivity contribution in [3.05, 3.63) is 77.6 Å². The molecule has 0 fully saturated rings. The van der Waals surface area contributed by atoms with Crippen LogP contribution in [0.15, 0.2) is 58.3 Å². The molecule has 4 rings (SSSR count). The van der Waals surface area contributed by atoms with Crippen LogP contribution in [0.25, 0.3) is 22.4 Å². The normalized spacial score (nSPS) is 11.9. The number of benzene rings is 1. The van der Waals surface area contributed by atoms with Crippen LogP contribution >= 0.6 is 0 Å². The van der Waals surface area contributed by atoms with Gasteiger partial charge >= 0.3 is 6.18 Å². The predicted molar refractivity (Wildman–Crippen MR) is 111 cm³/mol. The van der Waals surface area contributed by atoms with E-state index in [2.05, 4.69) is 25.1 Å². The zero-order chi connectivity index (χ0) is 23.6. The van der Waals surface area contributed by atoms with Gasteiger partial charge in [-0.2, -0.15) is 13.2 Å². The molecule has 33 heavy (non-hydrogen) atoms. The molecule has 0 aliphatic rings. The number of hydrogen-bond acceptors (Lipinski definition) is 5. The number of nitrogens with zero attached hydrogens (tertiary/aromatic N) is 4. The average molecular weight is 457 g/mol. The van der Waals surface area contributed by atoms with Gasteiger partial charge in [0.25, 0.3) is 0 Å². The zero-order valence-corrected chi connectivity index (χ0v) is 16.7. The highest BCUT2D eigenvalue weighted by Crippen LogP contribution is 2.30. The molecule has 0 aliphatic carbocycles. The van der Waals surface area contributed by atoms with Crippen molar-refractivity contribution >= 4 is 12.2 Å². The van der Waals surface area contributed by atoms with Crippen LogP contribution in [0.5, 0.6) is 0 Å². The first-order chi connectivity index (χ1) is 15.8. The van der Waals surface area contributed by atoms with Crippen molar-refractivity contribution in [2.45, 2.75) is 12.6 Å². The SMILES string of the molecule is N=C(N=CN)c1[nH]c(Cc2cc(-c3ccccc3F)no2)cc1-c1cnc(C(F)(F)F)nc1. The molecule has 3 heterocycles. The Labute approximate surface area is 183 Å². The fourth-order valence-corrected chi connectivity index (χ4v) is 3.15. The lowest BCUT2D eigenvalue weighted by Gasteiger charge is -2.06. The number of rotatable bonds is 5. The molecule has 0 aliphatic heterocycles. The van der Waals surface area contributed by atoms with Crippen molar-refractivity contribution in [1.29, 1.82) is 5.41 Å². The summed E-state index contributed by atoms with van der Waals surface area (Å²) in [6.45, 7) is 0. The third-order valence-corrected chi connectivity index (χ3v) is 4.60. The van der Waals surface area contributed by atoms with E-state index in [0.29, 0.717) is 22.7 Å². The molecule has 8 nitrogen and oxygen atoms in total. The van der Waals surface area contributed by atoms with Gasteiger partial charge in [0.05, 0.1) is 12.0 Å². The summed E-state index contributed by atoms with van der Waals surface area (Å²) in [7, 11) is 0. The lowest BCUT2D eigenvalue weighted by molar-refractivity contribution is -0.144. The highest BCUT2D eigenvalue weighted by molar-refractivity contribution is 6.04. The number of hydrogen-bond donors (Lipinski definition) is 3. The van der Waals surface area contributed by atoms with Crippen molar-refractivity contribution in [3.63, 3.8) is 0 Å². The monoisotopic (exact) mass is 457 g/mol. The second-order valence-corrected chi connectivity index (χ2v) is 6.84. The molecule has 1 aromatic carbocycles. The third-order valence-electron chi connectivity index (χ3n) is 4.60. The van der Waals surface area contributed by atoms with Crippen molar-refractivity contribution < 1.29 is 22.1 Å². The zero-order valence-electron chi connectivity index (χ0n) is 16.7. The maximum absolute atomic E-state index is 14.0. The van der Waals surface area contributed by atoms with Gasteiger partial charge in [-0.3, -0.25) is 5.41 Å². The van der Waals surface area contributed by atoms with E-state index in [9.17, 15) is 17.6 Å². The van der Waals surface area contributed by atoms with Gasteiger partial charge in [0.2, 0.25) is 5.82 Å². The summed E-state index contributed by atoms with van der Waals surface area (Å²) < 4.78 is 57.7. The summed E-state index contributed by atoms with van der Waals surface area (Å²) in [5.74, 6) is -1.58. The summed E-state index contributed by atoms with van der Waals surface area (Å²) in [6.07, 6.45) is -1.56. The van der Waals surface area contributed by atoms with Gasteiger partial charge in [-0.25, -0.2) is 19.4 Å². The quantitative estimate of drug-likeness (QED) is 0.235. The standard InChI is InChI=1S/C21H15F4N7O/c22-16-4-2-1-3-14(16)17-7-13(33-32-17)5-12-6-15(18(31-12)19(27)30-10-26)11-8-28-20(29-9-11)21(23,24)25/h1-4,6-10,31H,5H2,(H3,26,27,30). The Morgan fingerprint density at radius 1 is 1.15 bits per heavy atom. The Morgan fingerprint density at radius 3 is 2.55 bits per heavy atom. The molecule has 12 heteroatoms. The highest BCUT2D eigenvalue weighted by atomic mass is 19.4. The maximum atomic E-state index is 14.0. The summed E-state index contributed by atoms with van der Waals surface area (Å²) in [5.41, 5.74) is 7.19. The Morgan fingerprint density at radius 2 is 1.88 bits per heavy atom. The topological polar surface area (TPSA) is 130 Å². The molecule has 0 amide bonds. The van der Waals surface area contributed by atoms with Crippen LogP contribution in [0.2, 0.25) is 0 Å². The first-order valence-electron chi connectivity index (χ1n) is 9.41. The van der Waals surface area contributed by atoms with Gasteiger partial charge in [0.1, 0.15) is 17.3 Å². The second-order valence-electron chi connectivity index (χ2n) is 6.84. The minimum atomic E-state index is -4.68. The number of nitrogens with one attached hydrogen (secondary N) is 2. The molecular formula is C21H15F4N7O. The summed E-state index contributed by atoms with van der Waals surface area (Å²) in [4.78, 5) is 13.4. The molecule has 0 unspecified atom stereocenters. The van der Waals surface area contributed by atoms with E-state index in [1.807, 2.05) is 0 Å². The largest absolute Gasteiger partial charge is 0.451 e. The Kier molecular flexibility index (Phi) is 5.73. The minimum Gasteiger partial charge on any atom is -0.390 e. The number of amidine groups is 1. The van der Waals surface area contributed by atoms with Crippen LogP contribution in [0, 0.1) is 11.2 Å². The molecule has 0 saturated heterocycles. The number of H-pyrrole nitrogens is 1. The lowest BCUT2D eigenvalue weighted by Crippen LogP contribution is -2.10. The van der Waals surface area contributed by atoms with Gasteiger partial charge in [0, 0.05) is 47.3 Å².